The second-order valence-electron chi connectivity index (χ2n) is 11.3. The molecule has 0 radical (unpaired) electrons. The number of unbranched alkanes of at least 4 members (excludes halogenated alkanes) is 11. The Bertz CT molecular complexity index is 710. The van der Waals surface area contributed by atoms with Crippen molar-refractivity contribution in [2.45, 2.75) is 103 Å². The van der Waals surface area contributed by atoms with E-state index in [2.05, 4.69) is 33.4 Å². The lowest BCUT2D eigenvalue weighted by Crippen LogP contribution is -3.00. The fourth-order valence-electron chi connectivity index (χ4n) is 4.40. The number of nitrogens with one attached hydrogen (secondary N) is 1. The van der Waals surface area contributed by atoms with Crippen molar-refractivity contribution in [1.82, 2.24) is 10.2 Å². The van der Waals surface area contributed by atoms with Crippen LogP contribution in [0.5, 0.6) is 0 Å². The molecular weight excluding hydrogens is 577 g/mol. The number of halogens is 1. The normalized spacial score (nSPS) is 11.9. The standard InChI is InChI=1S/C30H53N3O3.HI/c1-6-7-8-9-10-11-12-13-14-15-16-20-23-32(2)30(35)31-28(25-33(3,4)5)24-29(34)36-26-27-21-18-17-19-22-27;/h17-19,21-22,28H,6-16,20,23-26H2,1-5H3;1H. The Balaban J connectivity index is 0.0000130. The monoisotopic (exact) mass is 631 g/mol. The number of carbonyl (C=O) groups excluding carboxylic acids is 2. The third-order valence-corrected chi connectivity index (χ3v) is 6.45. The minimum absolute atomic E-state index is 0. The lowest BCUT2D eigenvalue weighted by Gasteiger charge is -2.30. The van der Waals surface area contributed by atoms with Crippen LogP contribution in [0.25, 0.3) is 0 Å². The molecule has 0 saturated heterocycles. The molecule has 0 aliphatic rings. The van der Waals surface area contributed by atoms with Crippen molar-refractivity contribution < 1.29 is 42.8 Å². The van der Waals surface area contributed by atoms with Crippen molar-refractivity contribution in [2.75, 3.05) is 41.3 Å². The molecule has 1 rings (SSSR count). The molecule has 0 aliphatic heterocycles. The fraction of sp³-hybridized carbons (Fsp3) is 0.733. The molecule has 1 aromatic rings. The van der Waals surface area contributed by atoms with Crippen LogP contribution in [-0.4, -0.2) is 68.7 Å². The van der Waals surface area contributed by atoms with Gasteiger partial charge in [-0.25, -0.2) is 4.79 Å². The highest BCUT2D eigenvalue weighted by molar-refractivity contribution is 5.76. The quantitative estimate of drug-likeness (QED) is 0.104. The average Bonchev–Trinajstić information content (AvgIpc) is 2.82. The summed E-state index contributed by atoms with van der Waals surface area (Å²) < 4.78 is 6.11. The first-order valence-corrected chi connectivity index (χ1v) is 14.2. The minimum atomic E-state index is -0.291. The van der Waals surface area contributed by atoms with Crippen molar-refractivity contribution in [3.8, 4) is 0 Å². The molecule has 0 heterocycles. The van der Waals surface area contributed by atoms with Crippen LogP contribution >= 0.6 is 0 Å². The number of nitrogens with zero attached hydrogens (tertiary/aromatic N) is 2. The summed E-state index contributed by atoms with van der Waals surface area (Å²) in [6, 6.07) is 9.27. The summed E-state index contributed by atoms with van der Waals surface area (Å²) in [4.78, 5) is 27.0. The Labute approximate surface area is 244 Å². The van der Waals surface area contributed by atoms with Gasteiger partial charge in [0.1, 0.15) is 6.61 Å². The number of quaternary nitrogens is 1. The van der Waals surface area contributed by atoms with E-state index in [1.54, 1.807) is 4.90 Å². The lowest BCUT2D eigenvalue weighted by atomic mass is 10.1. The van der Waals surface area contributed by atoms with Crippen LogP contribution in [-0.2, 0) is 16.1 Å². The number of likely N-dealkylation sites (N-methyl/N-ethyl adjacent to an activating group) is 1. The van der Waals surface area contributed by atoms with Gasteiger partial charge in [-0.05, 0) is 12.0 Å². The number of amides is 2. The Hall–Kier alpha value is -1.35. The van der Waals surface area contributed by atoms with Crippen molar-refractivity contribution in [1.29, 1.82) is 0 Å². The second kappa shape index (κ2) is 21.6. The highest BCUT2D eigenvalue weighted by Gasteiger charge is 2.25. The Kier molecular flexibility index (Phi) is 20.8. The summed E-state index contributed by atoms with van der Waals surface area (Å²) >= 11 is 0. The minimum Gasteiger partial charge on any atom is -1.00 e. The van der Waals surface area contributed by atoms with Crippen LogP contribution in [0, 0.1) is 0 Å². The van der Waals surface area contributed by atoms with Crippen LogP contribution in [0.2, 0.25) is 0 Å². The molecule has 6 nitrogen and oxygen atoms in total. The van der Waals surface area contributed by atoms with Gasteiger partial charge < -0.3 is 43.4 Å². The summed E-state index contributed by atoms with van der Waals surface area (Å²) in [5, 5.41) is 3.07. The van der Waals surface area contributed by atoms with Gasteiger partial charge in [-0.1, -0.05) is 108 Å². The molecule has 2 amide bonds. The van der Waals surface area contributed by atoms with Crippen molar-refractivity contribution in [3.05, 3.63) is 35.9 Å². The Morgan fingerprint density at radius 3 is 1.89 bits per heavy atom. The molecule has 37 heavy (non-hydrogen) atoms. The van der Waals surface area contributed by atoms with Gasteiger partial charge in [0, 0.05) is 13.6 Å². The third kappa shape index (κ3) is 20.3. The first-order chi connectivity index (χ1) is 17.2. The van der Waals surface area contributed by atoms with E-state index >= 15 is 0 Å². The van der Waals surface area contributed by atoms with Gasteiger partial charge in [0.15, 0.2) is 0 Å². The summed E-state index contributed by atoms with van der Waals surface area (Å²) in [5.41, 5.74) is 0.959. The van der Waals surface area contributed by atoms with E-state index in [4.69, 9.17) is 4.74 Å². The molecule has 0 saturated carbocycles. The Morgan fingerprint density at radius 1 is 0.865 bits per heavy atom. The number of hydrogen-bond acceptors (Lipinski definition) is 3. The van der Waals surface area contributed by atoms with E-state index in [0.717, 1.165) is 24.9 Å². The summed E-state index contributed by atoms with van der Waals surface area (Å²) in [5.74, 6) is -0.291. The number of rotatable bonds is 20. The van der Waals surface area contributed by atoms with Gasteiger partial charge in [-0.3, -0.25) is 4.79 Å². The molecular formula is C30H54IN3O3. The first kappa shape index (κ1) is 35.6. The maximum absolute atomic E-state index is 12.8. The van der Waals surface area contributed by atoms with Gasteiger partial charge in [-0.15, -0.1) is 0 Å². The lowest BCUT2D eigenvalue weighted by molar-refractivity contribution is -0.871. The molecule has 0 fully saturated rings. The molecule has 1 N–H and O–H groups in total. The van der Waals surface area contributed by atoms with Gasteiger partial charge in [-0.2, -0.15) is 0 Å². The van der Waals surface area contributed by atoms with Crippen LogP contribution in [0.1, 0.15) is 96.0 Å². The first-order valence-electron chi connectivity index (χ1n) is 14.2. The molecule has 0 aliphatic carbocycles. The van der Waals surface area contributed by atoms with Crippen LogP contribution < -0.4 is 29.3 Å². The predicted octanol–water partition coefficient (Wildman–Crippen LogP) is 3.54. The number of carbonyl (C=O) groups is 2. The predicted molar refractivity (Wildman–Crippen MR) is 150 cm³/mol. The van der Waals surface area contributed by atoms with E-state index < -0.39 is 0 Å². The van der Waals surface area contributed by atoms with Crippen LogP contribution in [0.4, 0.5) is 4.79 Å². The highest BCUT2D eigenvalue weighted by Crippen LogP contribution is 2.12. The molecule has 214 valence electrons. The highest BCUT2D eigenvalue weighted by atomic mass is 127. The maximum Gasteiger partial charge on any atom is 0.317 e. The smallest absolute Gasteiger partial charge is 0.317 e. The van der Waals surface area contributed by atoms with Gasteiger partial charge >= 0.3 is 12.0 Å². The molecule has 1 aromatic carbocycles. The number of ether oxygens (including phenoxy) is 1. The van der Waals surface area contributed by atoms with E-state index in [9.17, 15) is 9.59 Å². The molecule has 0 aromatic heterocycles. The van der Waals surface area contributed by atoms with E-state index in [-0.39, 0.29) is 55.0 Å². The van der Waals surface area contributed by atoms with E-state index in [0.29, 0.717) is 11.0 Å². The topological polar surface area (TPSA) is 58.6 Å². The molecule has 1 atom stereocenters. The summed E-state index contributed by atoms with van der Waals surface area (Å²) in [6.45, 7) is 3.90. The third-order valence-electron chi connectivity index (χ3n) is 6.45. The molecule has 1 unspecified atom stereocenters. The van der Waals surface area contributed by atoms with E-state index in [1.165, 1.54) is 64.2 Å². The zero-order chi connectivity index (χ0) is 26.7. The molecule has 0 spiro atoms. The number of urea groups is 1. The molecule has 0 bridgehead atoms. The number of hydrogen-bond donors (Lipinski definition) is 1. The zero-order valence-electron chi connectivity index (χ0n) is 24.3. The largest absolute Gasteiger partial charge is 1.00 e. The Morgan fingerprint density at radius 2 is 1.38 bits per heavy atom. The van der Waals surface area contributed by atoms with Crippen LogP contribution in [0.15, 0.2) is 30.3 Å². The maximum atomic E-state index is 12.8. The average molecular weight is 632 g/mol. The fourth-order valence-corrected chi connectivity index (χ4v) is 4.40. The van der Waals surface area contributed by atoms with E-state index in [1.807, 2.05) is 37.4 Å². The summed E-state index contributed by atoms with van der Waals surface area (Å²) in [7, 11) is 8.02. The van der Waals surface area contributed by atoms with Gasteiger partial charge in [0.25, 0.3) is 0 Å². The van der Waals surface area contributed by atoms with Gasteiger partial charge in [0.05, 0.1) is 40.2 Å². The number of benzene rings is 1. The van der Waals surface area contributed by atoms with Crippen molar-refractivity contribution in [3.63, 3.8) is 0 Å². The second-order valence-corrected chi connectivity index (χ2v) is 11.3. The van der Waals surface area contributed by atoms with Gasteiger partial charge in [0.2, 0.25) is 0 Å². The summed E-state index contributed by atoms with van der Waals surface area (Å²) in [6.07, 6.45) is 15.8. The SMILES string of the molecule is CCCCCCCCCCCCCCN(C)C(=O)NC(CC(=O)OCc1ccccc1)C[N+](C)(C)C.[I-]. The van der Waals surface area contributed by atoms with Crippen LogP contribution in [0.3, 0.4) is 0 Å². The molecule has 7 heteroatoms. The van der Waals surface area contributed by atoms with Crippen molar-refractivity contribution >= 4 is 12.0 Å². The zero-order valence-corrected chi connectivity index (χ0v) is 26.4. The van der Waals surface area contributed by atoms with Crippen molar-refractivity contribution in [2.24, 2.45) is 0 Å². The number of esters is 1.